The van der Waals surface area contributed by atoms with Gasteiger partial charge in [0.1, 0.15) is 11.9 Å². The SMILES string of the molecule is CC(C)C(Oc1ccc(-c2ccc(C(F)(F)F)cc2)cc1)c1ccc(C(=O)NCCC(=O)O)cc1. The van der Waals surface area contributed by atoms with Crippen molar-refractivity contribution in [2.45, 2.75) is 32.5 Å². The summed E-state index contributed by atoms with van der Waals surface area (Å²) in [6, 6.07) is 19.1. The molecule has 1 amide bonds. The van der Waals surface area contributed by atoms with Crippen LogP contribution in [0.5, 0.6) is 5.75 Å². The average molecular weight is 486 g/mol. The lowest BCUT2D eigenvalue weighted by Gasteiger charge is -2.23. The zero-order chi connectivity index (χ0) is 25.6. The first-order valence-electron chi connectivity index (χ1n) is 11.1. The van der Waals surface area contributed by atoms with Crippen LogP contribution >= 0.6 is 0 Å². The number of rotatable bonds is 9. The molecule has 3 aromatic rings. The number of halogens is 3. The number of hydrogen-bond donors (Lipinski definition) is 2. The van der Waals surface area contributed by atoms with Gasteiger partial charge in [-0.1, -0.05) is 50.2 Å². The number of hydrogen-bond acceptors (Lipinski definition) is 3. The monoisotopic (exact) mass is 485 g/mol. The molecule has 8 heteroatoms. The average Bonchev–Trinajstić information content (AvgIpc) is 2.82. The third kappa shape index (κ3) is 7.09. The lowest BCUT2D eigenvalue weighted by atomic mass is 9.97. The van der Waals surface area contributed by atoms with Crippen molar-refractivity contribution >= 4 is 11.9 Å². The number of carboxylic acid groups (broad SMARTS) is 1. The summed E-state index contributed by atoms with van der Waals surface area (Å²) in [7, 11) is 0. The maximum Gasteiger partial charge on any atom is 0.416 e. The van der Waals surface area contributed by atoms with Crippen LogP contribution in [0.3, 0.4) is 0 Å². The molecule has 3 aromatic carbocycles. The molecule has 0 spiro atoms. The fourth-order valence-electron chi connectivity index (χ4n) is 3.52. The van der Waals surface area contributed by atoms with Crippen LogP contribution in [-0.4, -0.2) is 23.5 Å². The summed E-state index contributed by atoms with van der Waals surface area (Å²) in [6.45, 7) is 4.07. The van der Waals surface area contributed by atoms with E-state index in [1.165, 1.54) is 12.1 Å². The molecule has 3 rings (SSSR count). The minimum Gasteiger partial charge on any atom is -0.485 e. The molecular weight excluding hydrogens is 459 g/mol. The number of carbonyl (C=O) groups excluding carboxylic acids is 1. The van der Waals surface area contributed by atoms with Gasteiger partial charge in [-0.3, -0.25) is 9.59 Å². The zero-order valence-corrected chi connectivity index (χ0v) is 19.3. The Balaban J connectivity index is 1.68. The molecule has 0 aliphatic heterocycles. The topological polar surface area (TPSA) is 75.6 Å². The molecule has 0 bridgehead atoms. The van der Waals surface area contributed by atoms with Crippen LogP contribution in [0.1, 0.15) is 47.9 Å². The van der Waals surface area contributed by atoms with Crippen LogP contribution in [0.4, 0.5) is 13.2 Å². The van der Waals surface area contributed by atoms with Crippen LogP contribution in [0.2, 0.25) is 0 Å². The predicted octanol–water partition coefficient (Wildman–Crippen LogP) is 6.35. The Morgan fingerprint density at radius 1 is 0.886 bits per heavy atom. The summed E-state index contributed by atoms with van der Waals surface area (Å²) in [6.07, 6.45) is -4.81. The number of amides is 1. The highest BCUT2D eigenvalue weighted by Gasteiger charge is 2.30. The number of carbonyl (C=O) groups is 2. The highest BCUT2D eigenvalue weighted by atomic mass is 19.4. The summed E-state index contributed by atoms with van der Waals surface area (Å²) in [5.41, 5.74) is 2.04. The van der Waals surface area contributed by atoms with Gasteiger partial charge in [0.15, 0.2) is 0 Å². The Labute approximate surface area is 201 Å². The van der Waals surface area contributed by atoms with Gasteiger partial charge in [-0.25, -0.2) is 0 Å². The molecule has 0 heterocycles. The Bertz CT molecular complexity index is 1140. The van der Waals surface area contributed by atoms with Crippen molar-refractivity contribution in [2.24, 2.45) is 5.92 Å². The summed E-state index contributed by atoms with van der Waals surface area (Å²) in [4.78, 5) is 22.7. The van der Waals surface area contributed by atoms with E-state index in [0.717, 1.165) is 23.3 Å². The lowest BCUT2D eigenvalue weighted by Crippen LogP contribution is -2.26. The Morgan fingerprint density at radius 3 is 1.91 bits per heavy atom. The predicted molar refractivity (Wildman–Crippen MR) is 126 cm³/mol. The second-order valence-electron chi connectivity index (χ2n) is 8.40. The van der Waals surface area contributed by atoms with Gasteiger partial charge < -0.3 is 15.2 Å². The summed E-state index contributed by atoms with van der Waals surface area (Å²) < 4.78 is 44.5. The van der Waals surface area contributed by atoms with Crippen molar-refractivity contribution in [3.63, 3.8) is 0 Å². The van der Waals surface area contributed by atoms with E-state index in [4.69, 9.17) is 9.84 Å². The van der Waals surface area contributed by atoms with E-state index < -0.39 is 17.7 Å². The number of ether oxygens (including phenoxy) is 1. The van der Waals surface area contributed by atoms with E-state index in [-0.39, 0.29) is 30.9 Å². The number of alkyl halides is 3. The molecule has 0 aliphatic rings. The third-order valence-corrected chi connectivity index (χ3v) is 5.39. The Morgan fingerprint density at radius 2 is 1.43 bits per heavy atom. The molecule has 184 valence electrons. The molecule has 0 aliphatic carbocycles. The van der Waals surface area contributed by atoms with Crippen LogP contribution < -0.4 is 10.1 Å². The Kier molecular flexibility index (Phi) is 8.17. The fraction of sp³-hybridized carbons (Fsp3) is 0.259. The fourth-order valence-corrected chi connectivity index (χ4v) is 3.52. The van der Waals surface area contributed by atoms with Gasteiger partial charge in [-0.05, 0) is 59.0 Å². The highest BCUT2D eigenvalue weighted by Crippen LogP contribution is 2.33. The van der Waals surface area contributed by atoms with Crippen molar-refractivity contribution in [2.75, 3.05) is 6.54 Å². The molecule has 1 atom stereocenters. The van der Waals surface area contributed by atoms with E-state index in [9.17, 15) is 22.8 Å². The van der Waals surface area contributed by atoms with Crippen LogP contribution in [0.15, 0.2) is 72.8 Å². The molecule has 0 fully saturated rings. The van der Waals surface area contributed by atoms with Gasteiger partial charge in [-0.2, -0.15) is 13.2 Å². The largest absolute Gasteiger partial charge is 0.485 e. The van der Waals surface area contributed by atoms with E-state index >= 15 is 0 Å². The Hall–Kier alpha value is -3.81. The molecule has 0 saturated carbocycles. The lowest BCUT2D eigenvalue weighted by molar-refractivity contribution is -0.138. The standard InChI is InChI=1S/C27H26F3NO4/c1-17(2)25(20-3-5-21(6-4-20)26(34)31-16-15-24(32)33)35-23-13-9-19(10-14-23)18-7-11-22(12-8-18)27(28,29)30/h3-14,17,25H,15-16H2,1-2H3,(H,31,34)(H,32,33). The smallest absolute Gasteiger partial charge is 0.416 e. The van der Waals surface area contributed by atoms with E-state index in [1.54, 1.807) is 48.5 Å². The van der Waals surface area contributed by atoms with Crippen molar-refractivity contribution in [1.29, 1.82) is 0 Å². The number of aliphatic carboxylic acids is 1. The first-order chi connectivity index (χ1) is 16.5. The van der Waals surface area contributed by atoms with Gasteiger partial charge in [-0.15, -0.1) is 0 Å². The van der Waals surface area contributed by atoms with Crippen LogP contribution in [0, 0.1) is 5.92 Å². The summed E-state index contributed by atoms with van der Waals surface area (Å²) >= 11 is 0. The zero-order valence-electron chi connectivity index (χ0n) is 19.3. The summed E-state index contributed by atoms with van der Waals surface area (Å²) in [5.74, 6) is -0.613. The third-order valence-electron chi connectivity index (χ3n) is 5.39. The van der Waals surface area contributed by atoms with Crippen LogP contribution in [0.25, 0.3) is 11.1 Å². The maximum atomic E-state index is 12.8. The normalized spacial score (nSPS) is 12.3. The van der Waals surface area contributed by atoms with Crippen molar-refractivity contribution in [3.05, 3.63) is 89.5 Å². The quantitative estimate of drug-likeness (QED) is 0.370. The molecule has 2 N–H and O–H groups in total. The second-order valence-corrected chi connectivity index (χ2v) is 8.40. The van der Waals surface area contributed by atoms with E-state index in [1.807, 2.05) is 13.8 Å². The van der Waals surface area contributed by atoms with Crippen LogP contribution in [-0.2, 0) is 11.0 Å². The van der Waals surface area contributed by atoms with Gasteiger partial charge >= 0.3 is 12.1 Å². The molecular formula is C27H26F3NO4. The minimum atomic E-state index is -4.37. The molecule has 0 radical (unpaired) electrons. The van der Waals surface area contributed by atoms with E-state index in [0.29, 0.717) is 16.9 Å². The highest BCUT2D eigenvalue weighted by molar-refractivity contribution is 5.94. The summed E-state index contributed by atoms with van der Waals surface area (Å²) in [5, 5.41) is 11.2. The van der Waals surface area contributed by atoms with Crippen molar-refractivity contribution < 1.29 is 32.6 Å². The maximum absolute atomic E-state index is 12.8. The number of benzene rings is 3. The van der Waals surface area contributed by atoms with Gasteiger partial charge in [0.05, 0.1) is 12.0 Å². The second kappa shape index (κ2) is 11.1. The number of carboxylic acids is 1. The van der Waals surface area contributed by atoms with Crippen molar-refractivity contribution in [3.8, 4) is 16.9 Å². The number of nitrogens with one attached hydrogen (secondary N) is 1. The first kappa shape index (κ1) is 25.8. The molecule has 0 saturated heterocycles. The van der Waals surface area contributed by atoms with E-state index in [2.05, 4.69) is 5.32 Å². The van der Waals surface area contributed by atoms with Crippen molar-refractivity contribution in [1.82, 2.24) is 5.32 Å². The molecule has 35 heavy (non-hydrogen) atoms. The van der Waals surface area contributed by atoms with Gasteiger partial charge in [0.2, 0.25) is 0 Å². The minimum absolute atomic E-state index is 0.0517. The molecule has 1 unspecified atom stereocenters. The van der Waals surface area contributed by atoms with Gasteiger partial charge in [0, 0.05) is 12.1 Å². The van der Waals surface area contributed by atoms with Gasteiger partial charge in [0.25, 0.3) is 5.91 Å². The molecule has 5 nitrogen and oxygen atoms in total. The molecule has 0 aromatic heterocycles. The first-order valence-corrected chi connectivity index (χ1v) is 11.1.